The first-order valence-electron chi connectivity index (χ1n) is 6.16. The van der Waals surface area contributed by atoms with Gasteiger partial charge in [0, 0.05) is 0 Å². The number of anilines is 1. The van der Waals surface area contributed by atoms with Crippen molar-refractivity contribution >= 4 is 11.7 Å². The molecule has 0 unspecified atom stereocenters. The predicted molar refractivity (Wildman–Crippen MR) is 75.1 cm³/mol. The number of rotatable bonds is 4. The number of hydrogen-bond acceptors (Lipinski definition) is 6. The number of nitrogens with zero attached hydrogens (tertiary/aromatic N) is 1. The van der Waals surface area contributed by atoms with Crippen molar-refractivity contribution in [3.8, 4) is 11.5 Å². The van der Waals surface area contributed by atoms with Crippen molar-refractivity contribution in [1.29, 1.82) is 0 Å². The Bertz CT molecular complexity index is 654. The molecule has 6 nitrogen and oxygen atoms in total. The number of esters is 1. The number of para-hydroxylation sites is 1. The van der Waals surface area contributed by atoms with Crippen molar-refractivity contribution < 1.29 is 24.7 Å². The van der Waals surface area contributed by atoms with Crippen LogP contribution < -0.4 is 9.96 Å². The largest absolute Gasteiger partial charge is 0.465 e. The van der Waals surface area contributed by atoms with Crippen LogP contribution in [-0.2, 0) is 4.74 Å². The second-order valence-electron chi connectivity index (χ2n) is 4.33. The fourth-order valence-electron chi connectivity index (χ4n) is 1.79. The summed E-state index contributed by atoms with van der Waals surface area (Å²) in [7, 11) is 1.24. The average molecular weight is 289 g/mol. The van der Waals surface area contributed by atoms with Crippen LogP contribution in [0.25, 0.3) is 0 Å². The fourth-order valence-corrected chi connectivity index (χ4v) is 1.79. The quantitative estimate of drug-likeness (QED) is 0.665. The lowest BCUT2D eigenvalue weighted by atomic mass is 10.1. The highest BCUT2D eigenvalue weighted by Gasteiger charge is 2.17. The van der Waals surface area contributed by atoms with Gasteiger partial charge >= 0.3 is 5.97 Å². The molecule has 0 bridgehead atoms. The van der Waals surface area contributed by atoms with Crippen molar-refractivity contribution in [2.24, 2.45) is 0 Å². The number of hydrogen-bond donors (Lipinski definition) is 2. The first-order valence-corrected chi connectivity index (χ1v) is 6.16. The van der Waals surface area contributed by atoms with Gasteiger partial charge in [0.25, 0.3) is 0 Å². The second-order valence-corrected chi connectivity index (χ2v) is 4.33. The van der Waals surface area contributed by atoms with Gasteiger partial charge in [0.1, 0.15) is 17.1 Å². The Morgan fingerprint density at radius 3 is 2.43 bits per heavy atom. The van der Waals surface area contributed by atoms with Crippen LogP contribution in [0.3, 0.4) is 0 Å². The van der Waals surface area contributed by atoms with E-state index < -0.39 is 5.97 Å². The first-order chi connectivity index (χ1) is 10.0. The van der Waals surface area contributed by atoms with Crippen LogP contribution in [0.5, 0.6) is 11.5 Å². The maximum Gasteiger partial charge on any atom is 0.341 e. The van der Waals surface area contributed by atoms with Gasteiger partial charge in [-0.05, 0) is 36.8 Å². The monoisotopic (exact) mass is 289 g/mol. The lowest BCUT2D eigenvalue weighted by Gasteiger charge is -2.14. The predicted octanol–water partition coefficient (Wildman–Crippen LogP) is 3.16. The number of carbonyl (C=O) groups excluding carboxylic acids is 1. The Labute approximate surface area is 121 Å². The summed E-state index contributed by atoms with van der Waals surface area (Å²) in [6.45, 7) is 1.88. The molecule has 2 N–H and O–H groups in total. The average Bonchev–Trinajstić information content (AvgIpc) is 2.49. The third kappa shape index (κ3) is 3.31. The van der Waals surface area contributed by atoms with Crippen molar-refractivity contribution in [3.63, 3.8) is 0 Å². The molecule has 0 saturated carbocycles. The Kier molecular flexibility index (Phi) is 4.42. The van der Waals surface area contributed by atoms with Crippen LogP contribution in [0, 0.1) is 6.92 Å². The summed E-state index contributed by atoms with van der Waals surface area (Å²) in [4.78, 5) is 11.8. The lowest BCUT2D eigenvalue weighted by molar-refractivity contribution is 0.0291. The number of methoxy groups -OCH3 is 1. The van der Waals surface area contributed by atoms with Crippen LogP contribution in [0.1, 0.15) is 15.9 Å². The molecule has 0 saturated heterocycles. The summed E-state index contributed by atoms with van der Waals surface area (Å²) in [5.74, 6) is 0.226. The molecule has 0 aromatic heterocycles. The van der Waals surface area contributed by atoms with Crippen molar-refractivity contribution in [3.05, 3.63) is 53.6 Å². The third-order valence-corrected chi connectivity index (χ3v) is 2.91. The summed E-state index contributed by atoms with van der Waals surface area (Å²) >= 11 is 0. The molecule has 0 aliphatic rings. The van der Waals surface area contributed by atoms with Gasteiger partial charge in [0.15, 0.2) is 0 Å². The summed E-state index contributed by atoms with van der Waals surface area (Å²) in [5.41, 5.74) is 1.02. The topological polar surface area (TPSA) is 79.2 Å². The number of benzene rings is 2. The molecule has 2 aromatic rings. The van der Waals surface area contributed by atoms with Gasteiger partial charge in [0.05, 0.1) is 12.8 Å². The zero-order chi connectivity index (χ0) is 15.4. The Morgan fingerprint density at radius 1 is 1.10 bits per heavy atom. The zero-order valence-corrected chi connectivity index (χ0v) is 11.6. The van der Waals surface area contributed by atoms with E-state index in [2.05, 4.69) is 4.74 Å². The van der Waals surface area contributed by atoms with E-state index in [-0.39, 0.29) is 22.2 Å². The van der Waals surface area contributed by atoms with E-state index in [1.807, 2.05) is 25.1 Å². The Morgan fingerprint density at radius 2 is 1.81 bits per heavy atom. The molecule has 110 valence electrons. The van der Waals surface area contributed by atoms with E-state index in [9.17, 15) is 4.79 Å². The third-order valence-electron chi connectivity index (χ3n) is 2.91. The van der Waals surface area contributed by atoms with E-state index in [0.29, 0.717) is 5.75 Å². The van der Waals surface area contributed by atoms with Gasteiger partial charge in [-0.25, -0.2) is 4.79 Å². The molecule has 0 heterocycles. The molecule has 2 rings (SSSR count). The van der Waals surface area contributed by atoms with E-state index in [1.165, 1.54) is 25.3 Å². The standard InChI is InChI=1S/C15H15NO5/c1-10-5-3-4-6-13(10)21-14-8-7-11(16(18)19)9-12(14)15(17)20-2/h3-9,18-19H,1-2H3. The van der Waals surface area contributed by atoms with Crippen LogP contribution in [0.15, 0.2) is 42.5 Å². The SMILES string of the molecule is COC(=O)c1cc(N(O)O)ccc1Oc1ccccc1C. The van der Waals surface area contributed by atoms with Crippen LogP contribution in [0.4, 0.5) is 5.69 Å². The van der Waals surface area contributed by atoms with Gasteiger partial charge in [-0.3, -0.25) is 10.4 Å². The molecule has 6 heteroatoms. The van der Waals surface area contributed by atoms with Crippen molar-refractivity contribution in [1.82, 2.24) is 0 Å². The zero-order valence-electron chi connectivity index (χ0n) is 11.6. The van der Waals surface area contributed by atoms with Crippen LogP contribution in [0.2, 0.25) is 0 Å². The smallest absolute Gasteiger partial charge is 0.341 e. The molecule has 0 spiro atoms. The molecule has 0 amide bonds. The molecular weight excluding hydrogens is 274 g/mol. The molecular formula is C15H15NO5. The van der Waals surface area contributed by atoms with Crippen LogP contribution >= 0.6 is 0 Å². The van der Waals surface area contributed by atoms with Crippen molar-refractivity contribution in [2.75, 3.05) is 12.3 Å². The Balaban J connectivity index is 2.43. The van der Waals surface area contributed by atoms with E-state index >= 15 is 0 Å². The van der Waals surface area contributed by atoms with E-state index in [0.717, 1.165) is 5.56 Å². The summed E-state index contributed by atoms with van der Waals surface area (Å²) in [6.07, 6.45) is 0. The molecule has 2 aromatic carbocycles. The molecule has 0 aliphatic carbocycles. The molecule has 0 radical (unpaired) electrons. The maximum atomic E-state index is 11.8. The van der Waals surface area contributed by atoms with Gasteiger partial charge in [-0.1, -0.05) is 18.2 Å². The minimum absolute atomic E-state index is 0.0209. The fraction of sp³-hybridized carbons (Fsp3) is 0.133. The molecule has 21 heavy (non-hydrogen) atoms. The Hall–Kier alpha value is -2.57. The highest BCUT2D eigenvalue weighted by atomic mass is 16.8. The normalized spacial score (nSPS) is 10.1. The second kappa shape index (κ2) is 6.25. The highest BCUT2D eigenvalue weighted by Crippen LogP contribution is 2.30. The van der Waals surface area contributed by atoms with E-state index in [1.54, 1.807) is 6.07 Å². The van der Waals surface area contributed by atoms with Crippen LogP contribution in [-0.4, -0.2) is 23.5 Å². The number of carbonyl (C=O) groups is 1. The molecule has 0 atom stereocenters. The van der Waals surface area contributed by atoms with Gasteiger partial charge < -0.3 is 9.47 Å². The lowest BCUT2D eigenvalue weighted by Crippen LogP contribution is -2.12. The minimum atomic E-state index is -0.637. The van der Waals surface area contributed by atoms with Gasteiger partial charge in [-0.2, -0.15) is 0 Å². The summed E-state index contributed by atoms with van der Waals surface area (Å²) < 4.78 is 10.4. The highest BCUT2D eigenvalue weighted by molar-refractivity contribution is 5.93. The number of aryl methyl sites for hydroxylation is 1. The molecule has 0 fully saturated rings. The maximum absolute atomic E-state index is 11.8. The summed E-state index contributed by atoms with van der Waals surface area (Å²) in [6, 6.07) is 11.5. The minimum Gasteiger partial charge on any atom is -0.465 e. The number of ether oxygens (including phenoxy) is 2. The molecule has 0 aliphatic heterocycles. The van der Waals surface area contributed by atoms with Gasteiger partial charge in [-0.15, -0.1) is 5.23 Å². The first kappa shape index (κ1) is 14.8. The van der Waals surface area contributed by atoms with Gasteiger partial charge in [0.2, 0.25) is 0 Å². The summed E-state index contributed by atoms with van der Waals surface area (Å²) in [5, 5.41) is 18.0. The van der Waals surface area contributed by atoms with E-state index in [4.69, 9.17) is 15.2 Å². The van der Waals surface area contributed by atoms with Crippen molar-refractivity contribution in [2.45, 2.75) is 6.92 Å².